The van der Waals surface area contributed by atoms with Crippen LogP contribution in [0.4, 0.5) is 0 Å². The maximum Gasteiger partial charge on any atom is 0.330 e. The quantitative estimate of drug-likeness (QED) is 0.501. The van der Waals surface area contributed by atoms with Gasteiger partial charge in [-0.05, 0) is 12.8 Å². The fourth-order valence-corrected chi connectivity index (χ4v) is 0.840. The summed E-state index contributed by atoms with van der Waals surface area (Å²) >= 11 is 0. The van der Waals surface area contributed by atoms with Gasteiger partial charge in [-0.2, -0.15) is 0 Å². The largest absolute Gasteiger partial charge is 0.466 e. The molecule has 0 spiro atoms. The summed E-state index contributed by atoms with van der Waals surface area (Å²) in [4.78, 5) is 10.6. The molecule has 0 saturated carbocycles. The Bertz CT molecular complexity index is 152. The maximum atomic E-state index is 10.6. The van der Waals surface area contributed by atoms with E-state index in [9.17, 15) is 9.90 Å². The van der Waals surface area contributed by atoms with E-state index in [4.69, 9.17) is 0 Å². The zero-order valence-corrected chi connectivity index (χ0v) is 7.62. The third-order valence-electron chi connectivity index (χ3n) is 1.49. The molecule has 0 amide bonds. The molecule has 12 heavy (non-hydrogen) atoms. The van der Waals surface area contributed by atoms with Crippen LogP contribution in [-0.2, 0) is 9.53 Å². The van der Waals surface area contributed by atoms with Crippen molar-refractivity contribution in [3.63, 3.8) is 0 Å². The van der Waals surface area contributed by atoms with Gasteiger partial charge in [-0.25, -0.2) is 4.79 Å². The molecule has 0 saturated heterocycles. The van der Waals surface area contributed by atoms with Gasteiger partial charge in [-0.1, -0.05) is 19.4 Å². The van der Waals surface area contributed by atoms with Crippen LogP contribution in [0.2, 0.25) is 0 Å². The van der Waals surface area contributed by atoms with E-state index in [-0.39, 0.29) is 12.1 Å². The smallest absolute Gasteiger partial charge is 0.330 e. The molecule has 0 rings (SSSR count). The highest BCUT2D eigenvalue weighted by atomic mass is 16.5. The average Bonchev–Trinajstić information content (AvgIpc) is 2.04. The van der Waals surface area contributed by atoms with E-state index < -0.39 is 0 Å². The first-order valence-corrected chi connectivity index (χ1v) is 4.13. The van der Waals surface area contributed by atoms with E-state index in [0.29, 0.717) is 6.42 Å². The van der Waals surface area contributed by atoms with Gasteiger partial charge < -0.3 is 9.84 Å². The van der Waals surface area contributed by atoms with Crippen LogP contribution in [-0.4, -0.2) is 24.3 Å². The van der Waals surface area contributed by atoms with Gasteiger partial charge in [0.25, 0.3) is 0 Å². The van der Waals surface area contributed by atoms with Crippen molar-refractivity contribution in [3.05, 3.63) is 12.2 Å². The molecule has 1 unspecified atom stereocenters. The van der Waals surface area contributed by atoms with Crippen LogP contribution >= 0.6 is 0 Å². The van der Waals surface area contributed by atoms with Crippen molar-refractivity contribution in [3.8, 4) is 0 Å². The van der Waals surface area contributed by atoms with Crippen molar-refractivity contribution >= 4 is 5.97 Å². The Labute approximate surface area is 73.0 Å². The van der Waals surface area contributed by atoms with Gasteiger partial charge in [-0.15, -0.1) is 0 Å². The Kier molecular flexibility index (Phi) is 6.38. The van der Waals surface area contributed by atoms with Crippen LogP contribution in [0.3, 0.4) is 0 Å². The highest BCUT2D eigenvalue weighted by Crippen LogP contribution is 2.01. The zero-order valence-electron chi connectivity index (χ0n) is 7.62. The summed E-state index contributed by atoms with van der Waals surface area (Å²) in [6, 6.07) is 0. The molecule has 70 valence electrons. The molecule has 0 aliphatic heterocycles. The van der Waals surface area contributed by atoms with Crippen molar-refractivity contribution in [2.45, 2.75) is 32.3 Å². The molecule has 0 fully saturated rings. The molecule has 0 aliphatic carbocycles. The third kappa shape index (κ3) is 5.92. The van der Waals surface area contributed by atoms with Crippen LogP contribution in [0.25, 0.3) is 0 Å². The first-order chi connectivity index (χ1) is 5.70. The highest BCUT2D eigenvalue weighted by Gasteiger charge is 1.99. The van der Waals surface area contributed by atoms with Crippen molar-refractivity contribution in [2.75, 3.05) is 7.11 Å². The molecule has 0 bridgehead atoms. The van der Waals surface area contributed by atoms with Crippen LogP contribution < -0.4 is 0 Å². The van der Waals surface area contributed by atoms with Gasteiger partial charge >= 0.3 is 5.97 Å². The van der Waals surface area contributed by atoms with Gasteiger partial charge in [-0.3, -0.25) is 0 Å². The predicted molar refractivity (Wildman–Crippen MR) is 46.7 cm³/mol. The average molecular weight is 172 g/mol. The fraction of sp³-hybridized carbons (Fsp3) is 0.667. The SMILES string of the molecule is CCCC(O)CC=CC(=O)OC. The van der Waals surface area contributed by atoms with E-state index in [1.165, 1.54) is 13.2 Å². The normalized spacial score (nSPS) is 13.2. The first-order valence-electron chi connectivity index (χ1n) is 4.13. The lowest BCUT2D eigenvalue weighted by molar-refractivity contribution is -0.134. The van der Waals surface area contributed by atoms with E-state index in [0.717, 1.165) is 12.8 Å². The number of methoxy groups -OCH3 is 1. The number of aliphatic hydroxyl groups is 1. The summed E-state index contributed by atoms with van der Waals surface area (Å²) in [5.74, 6) is -0.376. The fourth-order valence-electron chi connectivity index (χ4n) is 0.840. The molecule has 0 aromatic rings. The first kappa shape index (κ1) is 11.2. The number of rotatable bonds is 5. The molecule has 0 aromatic carbocycles. The van der Waals surface area contributed by atoms with Crippen molar-refractivity contribution in [1.82, 2.24) is 0 Å². The van der Waals surface area contributed by atoms with Crippen molar-refractivity contribution in [2.24, 2.45) is 0 Å². The molecule has 0 radical (unpaired) electrons. The van der Waals surface area contributed by atoms with Gasteiger partial charge in [0.2, 0.25) is 0 Å². The highest BCUT2D eigenvalue weighted by molar-refractivity contribution is 5.81. The number of hydrogen-bond acceptors (Lipinski definition) is 3. The molecule has 0 heterocycles. The van der Waals surface area contributed by atoms with Crippen LogP contribution in [0, 0.1) is 0 Å². The van der Waals surface area contributed by atoms with Crippen molar-refractivity contribution in [1.29, 1.82) is 0 Å². The lowest BCUT2D eigenvalue weighted by atomic mass is 10.1. The van der Waals surface area contributed by atoms with Crippen molar-refractivity contribution < 1.29 is 14.6 Å². The standard InChI is InChI=1S/C9H16O3/c1-3-5-8(10)6-4-7-9(11)12-2/h4,7-8,10H,3,5-6H2,1-2H3. The van der Waals surface area contributed by atoms with E-state index in [2.05, 4.69) is 4.74 Å². The summed E-state index contributed by atoms with van der Waals surface area (Å²) < 4.78 is 4.38. The molecular formula is C9H16O3. The second-order valence-corrected chi connectivity index (χ2v) is 2.60. The van der Waals surface area contributed by atoms with E-state index >= 15 is 0 Å². The number of hydrogen-bond donors (Lipinski definition) is 1. The number of carbonyl (C=O) groups is 1. The zero-order chi connectivity index (χ0) is 9.40. The van der Waals surface area contributed by atoms with Crippen LogP contribution in [0.5, 0.6) is 0 Å². The molecule has 3 nitrogen and oxygen atoms in total. The Morgan fingerprint density at radius 1 is 1.67 bits per heavy atom. The van der Waals surface area contributed by atoms with Gasteiger partial charge in [0.15, 0.2) is 0 Å². The Hall–Kier alpha value is -0.830. The third-order valence-corrected chi connectivity index (χ3v) is 1.49. The molecule has 1 N–H and O–H groups in total. The second-order valence-electron chi connectivity index (χ2n) is 2.60. The lowest BCUT2D eigenvalue weighted by Crippen LogP contribution is -2.04. The molecule has 0 aromatic heterocycles. The summed E-state index contributed by atoms with van der Waals surface area (Å²) in [5.41, 5.74) is 0. The van der Waals surface area contributed by atoms with E-state index in [1.54, 1.807) is 6.08 Å². The van der Waals surface area contributed by atoms with Gasteiger partial charge in [0.05, 0.1) is 13.2 Å². The molecule has 3 heteroatoms. The second kappa shape index (κ2) is 6.85. The summed E-state index contributed by atoms with van der Waals surface area (Å²) in [6.07, 6.45) is 4.86. The Morgan fingerprint density at radius 3 is 2.83 bits per heavy atom. The lowest BCUT2D eigenvalue weighted by Gasteiger charge is -2.03. The number of esters is 1. The summed E-state index contributed by atoms with van der Waals surface area (Å²) in [6.45, 7) is 2.01. The Balaban J connectivity index is 3.52. The summed E-state index contributed by atoms with van der Waals surface area (Å²) in [5, 5.41) is 9.23. The monoisotopic (exact) mass is 172 g/mol. The van der Waals surface area contributed by atoms with Crippen LogP contribution in [0.15, 0.2) is 12.2 Å². The van der Waals surface area contributed by atoms with Gasteiger partial charge in [0, 0.05) is 6.08 Å². The Morgan fingerprint density at radius 2 is 2.33 bits per heavy atom. The maximum absolute atomic E-state index is 10.6. The minimum atomic E-state index is -0.376. The number of ether oxygens (including phenoxy) is 1. The van der Waals surface area contributed by atoms with Crippen LogP contribution in [0.1, 0.15) is 26.2 Å². The molecule has 0 aliphatic rings. The van der Waals surface area contributed by atoms with Gasteiger partial charge in [0.1, 0.15) is 0 Å². The number of carbonyl (C=O) groups excluding carboxylic acids is 1. The minimum Gasteiger partial charge on any atom is -0.466 e. The molecular weight excluding hydrogens is 156 g/mol. The number of aliphatic hydroxyl groups excluding tert-OH is 1. The predicted octanol–water partition coefficient (Wildman–Crippen LogP) is 1.27. The summed E-state index contributed by atoms with van der Waals surface area (Å²) in [7, 11) is 1.33. The van der Waals surface area contributed by atoms with E-state index in [1.807, 2.05) is 6.92 Å². The topological polar surface area (TPSA) is 46.5 Å². The molecule has 1 atom stereocenters. The minimum absolute atomic E-state index is 0.337.